The van der Waals surface area contributed by atoms with Crippen LogP contribution >= 0.6 is 0 Å². The Morgan fingerprint density at radius 1 is 0.853 bits per heavy atom. The first-order valence-corrected chi connectivity index (χ1v) is 14.1. The van der Waals surface area contributed by atoms with Crippen LogP contribution in [-0.4, -0.2) is 22.8 Å². The molecule has 190 valence electrons. The maximum atomic E-state index is 14.3. The van der Waals surface area contributed by atoms with E-state index in [2.05, 4.69) is 61.5 Å². The zero-order chi connectivity index (χ0) is 25.1. The van der Waals surface area contributed by atoms with Crippen LogP contribution in [0.4, 0.5) is 0 Å². The van der Waals surface area contributed by atoms with Crippen molar-refractivity contribution in [1.82, 2.24) is 0 Å². The molecule has 34 heavy (non-hydrogen) atoms. The maximum Gasteiger partial charge on any atom is 0.143 e. The van der Waals surface area contributed by atoms with Crippen molar-refractivity contribution in [3.63, 3.8) is 0 Å². The van der Waals surface area contributed by atoms with Crippen molar-refractivity contribution < 1.29 is 14.7 Å². The van der Waals surface area contributed by atoms with Gasteiger partial charge in [0.15, 0.2) is 0 Å². The molecular formula is C31H48O3. The summed E-state index contributed by atoms with van der Waals surface area (Å²) in [5.41, 5.74) is 0.167. The standard InChI is InChI=1S/C31H48O3/c1-18-9-11-27(4)17-25(34)31(8)22(21(27)15-19(18)2)16-24(33)26-29(6)12-10-23(32)20(3)28(29,5)13-14-30(26,31)7/h16,18-21,24,26,33H,9-15,17H2,1-8H3/t18-,19-,20+,21-,24-,26-,27-,28+,29-,30-,31+/m1/s1. The zero-order valence-corrected chi connectivity index (χ0v) is 23.0. The molecule has 0 bridgehead atoms. The first-order chi connectivity index (χ1) is 15.7. The fourth-order valence-electron chi connectivity index (χ4n) is 10.3. The van der Waals surface area contributed by atoms with E-state index in [-0.39, 0.29) is 33.5 Å². The van der Waals surface area contributed by atoms with Crippen LogP contribution in [0.5, 0.6) is 0 Å². The largest absolute Gasteiger partial charge is 0.389 e. The minimum Gasteiger partial charge on any atom is -0.389 e. The van der Waals surface area contributed by atoms with Crippen molar-refractivity contribution in [1.29, 1.82) is 0 Å². The van der Waals surface area contributed by atoms with E-state index in [9.17, 15) is 14.7 Å². The van der Waals surface area contributed by atoms with Gasteiger partial charge in [-0.15, -0.1) is 0 Å². The number of aliphatic hydroxyl groups excluding tert-OH is 1. The van der Waals surface area contributed by atoms with Crippen molar-refractivity contribution >= 4 is 11.6 Å². The summed E-state index contributed by atoms with van der Waals surface area (Å²) in [5.74, 6) is 2.47. The van der Waals surface area contributed by atoms with Crippen molar-refractivity contribution in [2.75, 3.05) is 0 Å². The maximum absolute atomic E-state index is 14.3. The number of allylic oxidation sites excluding steroid dienone is 1. The first-order valence-electron chi connectivity index (χ1n) is 14.1. The zero-order valence-electron chi connectivity index (χ0n) is 23.0. The molecule has 0 aliphatic heterocycles. The first kappa shape index (κ1) is 24.7. The Kier molecular flexibility index (Phi) is 5.31. The van der Waals surface area contributed by atoms with Gasteiger partial charge < -0.3 is 5.11 Å². The summed E-state index contributed by atoms with van der Waals surface area (Å²) in [7, 11) is 0. The molecule has 5 aliphatic carbocycles. The lowest BCUT2D eigenvalue weighted by molar-refractivity contribution is -0.220. The number of carbonyl (C=O) groups is 2. The van der Waals surface area contributed by atoms with Crippen LogP contribution in [0.2, 0.25) is 0 Å². The highest BCUT2D eigenvalue weighted by atomic mass is 16.3. The summed E-state index contributed by atoms with van der Waals surface area (Å²) in [5, 5.41) is 12.0. The highest BCUT2D eigenvalue weighted by molar-refractivity contribution is 5.91. The van der Waals surface area contributed by atoms with Crippen molar-refractivity contribution in [3.8, 4) is 0 Å². The van der Waals surface area contributed by atoms with Gasteiger partial charge in [0, 0.05) is 24.7 Å². The third kappa shape index (κ3) is 2.74. The van der Waals surface area contributed by atoms with Gasteiger partial charge in [0.2, 0.25) is 0 Å². The minimum absolute atomic E-state index is 0.00141. The molecule has 11 atom stereocenters. The predicted molar refractivity (Wildman–Crippen MR) is 136 cm³/mol. The third-order valence-electron chi connectivity index (χ3n) is 13.7. The SMILES string of the molecule is C[C@@H]1CC[C@]2(C)CC(=O)[C@]3(C)C(=C[C@@H](O)[C@H]4[C@@]3(C)CC[C@@]3(C)[C@@H](C)C(=O)CC[C@]43C)[C@H]2C[C@H]1C. The van der Waals surface area contributed by atoms with Gasteiger partial charge in [0.25, 0.3) is 0 Å². The number of aliphatic hydroxyl groups is 1. The van der Waals surface area contributed by atoms with Gasteiger partial charge in [-0.25, -0.2) is 0 Å². The van der Waals surface area contributed by atoms with E-state index in [0.29, 0.717) is 42.2 Å². The third-order valence-corrected chi connectivity index (χ3v) is 13.7. The summed E-state index contributed by atoms with van der Waals surface area (Å²) in [6.07, 6.45) is 9.01. The van der Waals surface area contributed by atoms with Gasteiger partial charge in [-0.3, -0.25) is 9.59 Å². The van der Waals surface area contributed by atoms with Crippen LogP contribution in [0.3, 0.4) is 0 Å². The predicted octanol–water partition coefficient (Wildman–Crippen LogP) is 6.77. The number of Topliss-reactive ketones (excluding diaryl/α,β-unsaturated/α-hetero) is 2. The molecule has 5 aliphatic rings. The summed E-state index contributed by atoms with van der Waals surface area (Å²) in [6.45, 7) is 18.5. The Bertz CT molecular complexity index is 950. The average Bonchev–Trinajstić information content (AvgIpc) is 2.87. The van der Waals surface area contributed by atoms with Gasteiger partial charge in [0.1, 0.15) is 11.6 Å². The van der Waals surface area contributed by atoms with E-state index in [1.807, 2.05) is 0 Å². The van der Waals surface area contributed by atoms with Gasteiger partial charge in [-0.05, 0) is 84.9 Å². The van der Waals surface area contributed by atoms with Crippen molar-refractivity contribution in [3.05, 3.63) is 11.6 Å². The number of ketones is 2. The number of hydrogen-bond donors (Lipinski definition) is 1. The fourth-order valence-corrected chi connectivity index (χ4v) is 10.3. The molecule has 0 saturated heterocycles. The molecule has 0 amide bonds. The van der Waals surface area contributed by atoms with Crippen LogP contribution in [-0.2, 0) is 9.59 Å². The van der Waals surface area contributed by atoms with Crippen LogP contribution in [0.15, 0.2) is 11.6 Å². The second kappa shape index (κ2) is 7.30. The Hall–Kier alpha value is -0.960. The molecule has 1 N–H and O–H groups in total. The van der Waals surface area contributed by atoms with E-state index in [4.69, 9.17) is 0 Å². The van der Waals surface area contributed by atoms with E-state index in [1.165, 1.54) is 12.0 Å². The highest BCUT2D eigenvalue weighted by Gasteiger charge is 2.73. The lowest BCUT2D eigenvalue weighted by Gasteiger charge is -2.71. The molecule has 4 fully saturated rings. The molecule has 0 aromatic rings. The molecule has 5 rings (SSSR count). The molecule has 4 saturated carbocycles. The summed E-state index contributed by atoms with van der Waals surface area (Å²) < 4.78 is 0. The van der Waals surface area contributed by atoms with Gasteiger partial charge in [0.05, 0.1) is 11.5 Å². The van der Waals surface area contributed by atoms with E-state index in [1.54, 1.807) is 0 Å². The second-order valence-corrected chi connectivity index (χ2v) is 14.7. The molecule has 0 heterocycles. The van der Waals surface area contributed by atoms with Crippen molar-refractivity contribution in [2.45, 2.75) is 113 Å². The molecule has 0 radical (unpaired) electrons. The van der Waals surface area contributed by atoms with Crippen LogP contribution in [0, 0.1) is 56.7 Å². The lowest BCUT2D eigenvalue weighted by atomic mass is 9.32. The van der Waals surface area contributed by atoms with Crippen LogP contribution in [0.25, 0.3) is 0 Å². The minimum atomic E-state index is -0.552. The quantitative estimate of drug-likeness (QED) is 0.399. The normalized spacial score (nSPS) is 57.5. The second-order valence-electron chi connectivity index (χ2n) is 14.7. The Morgan fingerprint density at radius 3 is 2.18 bits per heavy atom. The van der Waals surface area contributed by atoms with Gasteiger partial charge >= 0.3 is 0 Å². The van der Waals surface area contributed by atoms with Gasteiger partial charge in [-0.1, -0.05) is 60.1 Å². The monoisotopic (exact) mass is 468 g/mol. The van der Waals surface area contributed by atoms with Crippen LogP contribution < -0.4 is 0 Å². The van der Waals surface area contributed by atoms with E-state index < -0.39 is 11.5 Å². The summed E-state index contributed by atoms with van der Waals surface area (Å²) in [4.78, 5) is 27.2. The van der Waals surface area contributed by atoms with E-state index in [0.717, 1.165) is 32.1 Å². The Morgan fingerprint density at radius 2 is 1.50 bits per heavy atom. The molecule has 0 aromatic carbocycles. The fraction of sp³-hybridized carbons (Fsp3) is 0.871. The number of rotatable bonds is 0. The molecule has 0 spiro atoms. The Balaban J connectivity index is 1.68. The summed E-state index contributed by atoms with van der Waals surface area (Å²) >= 11 is 0. The highest BCUT2D eigenvalue weighted by Crippen LogP contribution is 2.75. The number of fused-ring (bicyclic) bond motifs is 7. The Labute approximate surface area is 207 Å². The van der Waals surface area contributed by atoms with Crippen LogP contribution in [0.1, 0.15) is 107 Å². The summed E-state index contributed by atoms with van der Waals surface area (Å²) in [6, 6.07) is 0. The molecule has 3 heteroatoms. The molecule has 0 unspecified atom stereocenters. The number of hydrogen-bond acceptors (Lipinski definition) is 3. The molecule has 0 aromatic heterocycles. The van der Waals surface area contributed by atoms with Crippen molar-refractivity contribution in [2.24, 2.45) is 56.7 Å². The lowest BCUT2D eigenvalue weighted by Crippen LogP contribution is -2.70. The van der Waals surface area contributed by atoms with E-state index >= 15 is 0 Å². The average molecular weight is 469 g/mol. The van der Waals surface area contributed by atoms with Gasteiger partial charge in [-0.2, -0.15) is 0 Å². The number of carbonyl (C=O) groups excluding carboxylic acids is 2. The topological polar surface area (TPSA) is 54.4 Å². The smallest absolute Gasteiger partial charge is 0.143 e. The molecule has 3 nitrogen and oxygen atoms in total. The molecular weight excluding hydrogens is 420 g/mol.